The lowest BCUT2D eigenvalue weighted by molar-refractivity contribution is -0.124. The molecule has 0 bridgehead atoms. The lowest BCUT2D eigenvalue weighted by Gasteiger charge is -2.22. The summed E-state index contributed by atoms with van der Waals surface area (Å²) in [6.07, 6.45) is 2.89. The molecule has 0 aliphatic carbocycles. The second kappa shape index (κ2) is 6.07. The van der Waals surface area contributed by atoms with E-state index in [1.54, 1.807) is 19.1 Å². The number of aromatic nitrogens is 3. The number of carbonyl (C=O) groups excluding carboxylic acids is 2. The summed E-state index contributed by atoms with van der Waals surface area (Å²) in [6, 6.07) is 4.77. The molecule has 8 heteroatoms. The van der Waals surface area contributed by atoms with Gasteiger partial charge < -0.3 is 15.4 Å². The highest BCUT2D eigenvalue weighted by Gasteiger charge is 2.20. The first kappa shape index (κ1) is 15.0. The molecule has 1 aliphatic heterocycles. The van der Waals surface area contributed by atoms with E-state index in [1.807, 2.05) is 13.0 Å². The number of fused-ring (bicyclic) bond motifs is 1. The molecule has 1 aromatic heterocycles. The fourth-order valence-corrected chi connectivity index (χ4v) is 2.32. The van der Waals surface area contributed by atoms with Crippen LogP contribution in [0.4, 0.5) is 5.69 Å². The largest absolute Gasteiger partial charge is 0.482 e. The van der Waals surface area contributed by atoms with Crippen molar-refractivity contribution in [3.8, 4) is 5.75 Å². The quantitative estimate of drug-likeness (QED) is 0.878. The van der Waals surface area contributed by atoms with Gasteiger partial charge in [0.05, 0.1) is 11.7 Å². The van der Waals surface area contributed by atoms with Gasteiger partial charge in [-0.2, -0.15) is 5.10 Å². The molecule has 2 aromatic rings. The summed E-state index contributed by atoms with van der Waals surface area (Å²) in [5, 5.41) is 9.64. The van der Waals surface area contributed by atoms with Gasteiger partial charge in [0.1, 0.15) is 24.4 Å². The van der Waals surface area contributed by atoms with Crippen molar-refractivity contribution in [1.29, 1.82) is 0 Å². The molecule has 0 saturated heterocycles. The number of carbonyl (C=O) groups is 2. The molecule has 1 aromatic carbocycles. The minimum absolute atomic E-state index is 0.0219. The summed E-state index contributed by atoms with van der Waals surface area (Å²) in [7, 11) is 0. The van der Waals surface area contributed by atoms with E-state index in [2.05, 4.69) is 20.7 Å². The second-order valence-electron chi connectivity index (χ2n) is 5.37. The Kier molecular flexibility index (Phi) is 3.96. The van der Waals surface area contributed by atoms with Crippen molar-refractivity contribution < 1.29 is 14.3 Å². The zero-order chi connectivity index (χ0) is 16.4. The number of anilines is 1. The van der Waals surface area contributed by atoms with E-state index < -0.39 is 6.04 Å². The summed E-state index contributed by atoms with van der Waals surface area (Å²) >= 11 is 0. The molecule has 2 amide bonds. The van der Waals surface area contributed by atoms with Crippen LogP contribution in [-0.2, 0) is 9.59 Å². The Labute approximate surface area is 132 Å². The topological polar surface area (TPSA) is 98.1 Å². The average Bonchev–Trinajstić information content (AvgIpc) is 3.07. The van der Waals surface area contributed by atoms with Crippen LogP contribution in [0.1, 0.15) is 31.5 Å². The summed E-state index contributed by atoms with van der Waals surface area (Å²) in [4.78, 5) is 27.5. The molecule has 0 radical (unpaired) electrons. The second-order valence-corrected chi connectivity index (χ2v) is 5.37. The number of benzene rings is 1. The summed E-state index contributed by atoms with van der Waals surface area (Å²) < 4.78 is 6.81. The van der Waals surface area contributed by atoms with Crippen LogP contribution in [0.15, 0.2) is 30.9 Å². The third kappa shape index (κ3) is 3.15. The molecule has 2 N–H and O–H groups in total. The molecule has 0 spiro atoms. The first-order valence-electron chi connectivity index (χ1n) is 7.25. The monoisotopic (exact) mass is 315 g/mol. The maximum Gasteiger partial charge on any atom is 0.262 e. The van der Waals surface area contributed by atoms with Crippen molar-refractivity contribution in [2.24, 2.45) is 0 Å². The maximum atomic E-state index is 12.3. The Morgan fingerprint density at radius 3 is 3.00 bits per heavy atom. The predicted molar refractivity (Wildman–Crippen MR) is 81.9 cm³/mol. The molecule has 2 atom stereocenters. The van der Waals surface area contributed by atoms with Crippen molar-refractivity contribution in [3.63, 3.8) is 0 Å². The summed E-state index contributed by atoms with van der Waals surface area (Å²) in [6.45, 7) is 3.64. The fourth-order valence-electron chi connectivity index (χ4n) is 2.32. The normalized spacial score (nSPS) is 15.8. The van der Waals surface area contributed by atoms with Crippen molar-refractivity contribution >= 4 is 17.5 Å². The van der Waals surface area contributed by atoms with Gasteiger partial charge >= 0.3 is 0 Å². The number of nitrogens with zero attached hydrogens (tertiary/aromatic N) is 3. The van der Waals surface area contributed by atoms with Crippen LogP contribution in [0.3, 0.4) is 0 Å². The molecule has 8 nitrogen and oxygen atoms in total. The first-order valence-corrected chi connectivity index (χ1v) is 7.25. The number of amides is 2. The van der Waals surface area contributed by atoms with E-state index in [1.165, 1.54) is 17.3 Å². The molecule has 0 saturated carbocycles. The van der Waals surface area contributed by atoms with E-state index in [4.69, 9.17) is 4.74 Å². The van der Waals surface area contributed by atoms with Gasteiger partial charge in [-0.15, -0.1) is 0 Å². The van der Waals surface area contributed by atoms with Crippen LogP contribution in [0.5, 0.6) is 5.75 Å². The molecule has 3 rings (SSSR count). The van der Waals surface area contributed by atoms with Gasteiger partial charge in [-0.25, -0.2) is 9.67 Å². The molecule has 0 unspecified atom stereocenters. The highest BCUT2D eigenvalue weighted by Crippen LogP contribution is 2.30. The average molecular weight is 315 g/mol. The van der Waals surface area contributed by atoms with Gasteiger partial charge in [-0.05, 0) is 31.5 Å². The van der Waals surface area contributed by atoms with E-state index >= 15 is 0 Å². The highest BCUT2D eigenvalue weighted by molar-refractivity contribution is 5.95. The zero-order valence-corrected chi connectivity index (χ0v) is 12.8. The molecule has 2 heterocycles. The lowest BCUT2D eigenvalue weighted by Crippen LogP contribution is -2.33. The number of nitrogens with one attached hydrogen (secondary N) is 2. The van der Waals surface area contributed by atoms with Crippen LogP contribution >= 0.6 is 0 Å². The van der Waals surface area contributed by atoms with Crippen LogP contribution in [0.25, 0.3) is 0 Å². The summed E-state index contributed by atoms with van der Waals surface area (Å²) in [5.74, 6) is 0.273. The van der Waals surface area contributed by atoms with Gasteiger partial charge in [0.25, 0.3) is 5.91 Å². The standard InChI is InChI=1S/C15H17N5O3/c1-9(18-15(22)10(2)20-8-16-7-17-20)11-3-4-13-12(5-11)19-14(21)6-23-13/h3-5,7-10H,6H2,1-2H3,(H,18,22)(H,19,21)/t9-,10+/m0/s1. The molecular formula is C15H17N5O3. The molecule has 1 aliphatic rings. The SMILES string of the molecule is C[C@H](NC(=O)[C@@H](C)n1cncn1)c1ccc2c(c1)NC(=O)CO2. The van der Waals surface area contributed by atoms with Crippen molar-refractivity contribution in [1.82, 2.24) is 20.1 Å². The number of hydrogen-bond donors (Lipinski definition) is 2. The van der Waals surface area contributed by atoms with Crippen LogP contribution < -0.4 is 15.4 Å². The van der Waals surface area contributed by atoms with Crippen LogP contribution in [-0.4, -0.2) is 33.2 Å². The maximum absolute atomic E-state index is 12.3. The van der Waals surface area contributed by atoms with E-state index in [-0.39, 0.29) is 24.5 Å². The smallest absolute Gasteiger partial charge is 0.262 e. The molecule has 23 heavy (non-hydrogen) atoms. The van der Waals surface area contributed by atoms with Crippen molar-refractivity contribution in [2.75, 3.05) is 11.9 Å². The third-order valence-electron chi connectivity index (χ3n) is 3.71. The fraction of sp³-hybridized carbons (Fsp3) is 0.333. The number of hydrogen-bond acceptors (Lipinski definition) is 5. The highest BCUT2D eigenvalue weighted by atomic mass is 16.5. The number of rotatable bonds is 4. The van der Waals surface area contributed by atoms with Gasteiger partial charge in [0.2, 0.25) is 5.91 Å². The van der Waals surface area contributed by atoms with Crippen LogP contribution in [0, 0.1) is 0 Å². The zero-order valence-electron chi connectivity index (χ0n) is 12.8. The van der Waals surface area contributed by atoms with Gasteiger partial charge in [-0.3, -0.25) is 9.59 Å². The van der Waals surface area contributed by atoms with Crippen LogP contribution in [0.2, 0.25) is 0 Å². The number of ether oxygens (including phenoxy) is 1. The van der Waals surface area contributed by atoms with E-state index in [0.29, 0.717) is 11.4 Å². The third-order valence-corrected chi connectivity index (χ3v) is 3.71. The molecular weight excluding hydrogens is 298 g/mol. The Morgan fingerprint density at radius 1 is 1.43 bits per heavy atom. The Hall–Kier alpha value is -2.90. The van der Waals surface area contributed by atoms with Crippen molar-refractivity contribution in [3.05, 3.63) is 36.4 Å². The first-order chi connectivity index (χ1) is 11.0. The molecule has 120 valence electrons. The van der Waals surface area contributed by atoms with Gasteiger partial charge in [0.15, 0.2) is 6.61 Å². The Balaban J connectivity index is 1.71. The minimum atomic E-state index is -0.458. The Bertz CT molecular complexity index is 729. The van der Waals surface area contributed by atoms with Gasteiger partial charge in [-0.1, -0.05) is 6.07 Å². The summed E-state index contributed by atoms with van der Waals surface area (Å²) in [5.41, 5.74) is 1.48. The van der Waals surface area contributed by atoms with E-state index in [9.17, 15) is 9.59 Å². The predicted octanol–water partition coefficient (Wildman–Crippen LogP) is 1.05. The van der Waals surface area contributed by atoms with Crippen molar-refractivity contribution in [2.45, 2.75) is 25.9 Å². The van der Waals surface area contributed by atoms with E-state index in [0.717, 1.165) is 5.56 Å². The Morgan fingerprint density at radius 2 is 2.26 bits per heavy atom. The lowest BCUT2D eigenvalue weighted by atomic mass is 10.1. The minimum Gasteiger partial charge on any atom is -0.482 e. The van der Waals surface area contributed by atoms with Gasteiger partial charge in [0, 0.05) is 0 Å². The molecule has 0 fully saturated rings.